The van der Waals surface area contributed by atoms with Crippen LogP contribution >= 0.6 is 0 Å². The minimum atomic E-state index is -1.25. The topological polar surface area (TPSA) is 79.7 Å². The van der Waals surface area contributed by atoms with Gasteiger partial charge in [0.25, 0.3) is 11.5 Å². The van der Waals surface area contributed by atoms with E-state index in [0.717, 1.165) is 25.9 Å². The van der Waals surface area contributed by atoms with E-state index in [-0.39, 0.29) is 11.8 Å². The molecule has 2 aliphatic rings. The van der Waals surface area contributed by atoms with E-state index in [1.54, 1.807) is 47.4 Å². The van der Waals surface area contributed by atoms with Gasteiger partial charge in [-0.15, -0.1) is 0 Å². The van der Waals surface area contributed by atoms with E-state index in [2.05, 4.69) is 6.92 Å². The molecule has 0 spiro atoms. The van der Waals surface area contributed by atoms with Gasteiger partial charge >= 0.3 is 0 Å². The summed E-state index contributed by atoms with van der Waals surface area (Å²) in [5, 5.41) is 0. The van der Waals surface area contributed by atoms with Crippen LogP contribution < -0.4 is 5.56 Å². The first-order valence-electron chi connectivity index (χ1n) is 11.8. The third-order valence-electron chi connectivity index (χ3n) is 6.79. The highest BCUT2D eigenvalue weighted by Gasteiger charge is 2.37. The van der Waals surface area contributed by atoms with E-state index in [1.165, 1.54) is 16.8 Å². The minimum absolute atomic E-state index is 0.0953. The third-order valence-corrected chi connectivity index (χ3v) is 6.79. The molecule has 2 unspecified atom stereocenters. The van der Waals surface area contributed by atoms with Crippen LogP contribution in [0.5, 0.6) is 0 Å². The van der Waals surface area contributed by atoms with Crippen molar-refractivity contribution in [3.63, 3.8) is 0 Å². The zero-order valence-corrected chi connectivity index (χ0v) is 19.1. The highest BCUT2D eigenvalue weighted by molar-refractivity contribution is 6.11. The summed E-state index contributed by atoms with van der Waals surface area (Å²) in [6, 6.07) is 11.9. The number of nitrogens with zero attached hydrogens (tertiary/aromatic N) is 3. The Morgan fingerprint density at radius 2 is 1.58 bits per heavy atom. The fraction of sp³-hybridized carbons (Fsp3) is 0.462. The van der Waals surface area contributed by atoms with Gasteiger partial charge in [-0.1, -0.05) is 43.3 Å². The monoisotopic (exact) mass is 449 g/mol. The van der Waals surface area contributed by atoms with E-state index in [9.17, 15) is 19.2 Å². The van der Waals surface area contributed by atoms with Gasteiger partial charge in [-0.2, -0.15) is 0 Å². The molecule has 0 radical (unpaired) electrons. The lowest BCUT2D eigenvalue weighted by Crippen LogP contribution is -2.49. The molecule has 1 aromatic heterocycles. The molecule has 4 rings (SSSR count). The molecule has 0 saturated carbocycles. The van der Waals surface area contributed by atoms with Crippen LogP contribution in [0.1, 0.15) is 49.0 Å². The summed E-state index contributed by atoms with van der Waals surface area (Å²) < 4.78 is 1.21. The quantitative estimate of drug-likeness (QED) is 0.519. The molecule has 2 saturated heterocycles. The Morgan fingerprint density at radius 1 is 0.879 bits per heavy atom. The largest absolute Gasteiger partial charge is 0.342 e. The fourth-order valence-electron chi connectivity index (χ4n) is 4.94. The van der Waals surface area contributed by atoms with Crippen molar-refractivity contribution in [1.29, 1.82) is 0 Å². The highest BCUT2D eigenvalue weighted by atomic mass is 16.2. The Kier molecular flexibility index (Phi) is 7.06. The van der Waals surface area contributed by atoms with Crippen molar-refractivity contribution in [3.8, 4) is 0 Å². The lowest BCUT2D eigenvalue weighted by molar-refractivity contribution is -0.142. The first-order chi connectivity index (χ1) is 16.0. The molecular weight excluding hydrogens is 418 g/mol. The van der Waals surface area contributed by atoms with Crippen LogP contribution in [0.25, 0.3) is 0 Å². The lowest BCUT2D eigenvalue weighted by Gasteiger charge is -2.38. The number of hydrogen-bond acceptors (Lipinski definition) is 4. The number of carbonyl (C=O) groups excluding carboxylic acids is 3. The van der Waals surface area contributed by atoms with Gasteiger partial charge in [0.05, 0.1) is 0 Å². The van der Waals surface area contributed by atoms with E-state index < -0.39 is 23.3 Å². The predicted molar refractivity (Wildman–Crippen MR) is 125 cm³/mol. The van der Waals surface area contributed by atoms with Gasteiger partial charge < -0.3 is 9.80 Å². The van der Waals surface area contributed by atoms with Crippen molar-refractivity contribution < 1.29 is 14.4 Å². The molecule has 3 heterocycles. The second kappa shape index (κ2) is 10.1. The van der Waals surface area contributed by atoms with Crippen LogP contribution in [0, 0.1) is 11.8 Å². The summed E-state index contributed by atoms with van der Waals surface area (Å²) in [5.41, 5.74) is -0.0136. The number of piperidine rings is 2. The number of amides is 2. The van der Waals surface area contributed by atoms with Crippen molar-refractivity contribution in [2.24, 2.45) is 11.8 Å². The maximum atomic E-state index is 13.5. The summed E-state index contributed by atoms with van der Waals surface area (Å²) in [7, 11) is 0. The number of ketones is 1. The lowest BCUT2D eigenvalue weighted by atomic mass is 9.92. The summed E-state index contributed by atoms with van der Waals surface area (Å²) in [4.78, 5) is 56.0. The van der Waals surface area contributed by atoms with Crippen molar-refractivity contribution >= 4 is 17.6 Å². The van der Waals surface area contributed by atoms with Gasteiger partial charge in [0.1, 0.15) is 0 Å². The number of likely N-dealkylation sites (tertiary alicyclic amines) is 2. The number of carbonyl (C=O) groups is 3. The van der Waals surface area contributed by atoms with Crippen LogP contribution in [0.4, 0.5) is 0 Å². The van der Waals surface area contributed by atoms with Gasteiger partial charge in [0.2, 0.25) is 5.91 Å². The van der Waals surface area contributed by atoms with Gasteiger partial charge in [-0.05, 0) is 37.7 Å². The van der Waals surface area contributed by atoms with E-state index in [0.29, 0.717) is 37.4 Å². The van der Waals surface area contributed by atoms with Gasteiger partial charge in [-0.3, -0.25) is 23.7 Å². The summed E-state index contributed by atoms with van der Waals surface area (Å²) in [6.45, 7) is 4.60. The molecule has 33 heavy (non-hydrogen) atoms. The molecular formula is C26H31N3O4. The first kappa shape index (κ1) is 23.0. The summed E-state index contributed by atoms with van der Waals surface area (Å²) >= 11 is 0. The van der Waals surface area contributed by atoms with Crippen LogP contribution in [0.3, 0.4) is 0 Å². The molecule has 0 aliphatic carbocycles. The molecule has 2 amide bonds. The van der Waals surface area contributed by atoms with Crippen molar-refractivity contribution in [3.05, 3.63) is 70.6 Å². The van der Waals surface area contributed by atoms with Crippen LogP contribution in [0.2, 0.25) is 0 Å². The molecule has 7 nitrogen and oxygen atoms in total. The van der Waals surface area contributed by atoms with E-state index >= 15 is 0 Å². The number of hydrogen-bond donors (Lipinski definition) is 0. The Hall–Kier alpha value is -3.22. The Labute approximate surface area is 194 Å². The molecule has 2 aliphatic heterocycles. The highest BCUT2D eigenvalue weighted by Crippen LogP contribution is 2.26. The zero-order valence-electron chi connectivity index (χ0n) is 19.1. The van der Waals surface area contributed by atoms with E-state index in [1.807, 2.05) is 4.90 Å². The fourth-order valence-corrected chi connectivity index (χ4v) is 4.94. The zero-order chi connectivity index (χ0) is 23.4. The summed E-state index contributed by atoms with van der Waals surface area (Å²) in [5.74, 6) is -0.186. The second-order valence-corrected chi connectivity index (χ2v) is 9.21. The average molecular weight is 450 g/mol. The molecule has 2 fully saturated rings. The first-order valence-corrected chi connectivity index (χ1v) is 11.8. The molecule has 0 bridgehead atoms. The normalized spacial score (nSPS) is 20.3. The van der Waals surface area contributed by atoms with Crippen LogP contribution in [-0.4, -0.2) is 58.1 Å². The third kappa shape index (κ3) is 5.07. The number of pyridine rings is 1. The molecule has 2 aromatic rings. The number of aromatic nitrogens is 1. The van der Waals surface area contributed by atoms with Crippen LogP contribution in [-0.2, 0) is 9.59 Å². The molecule has 0 N–H and O–H groups in total. The number of rotatable bonds is 5. The van der Waals surface area contributed by atoms with Crippen molar-refractivity contribution in [2.75, 3.05) is 26.2 Å². The minimum Gasteiger partial charge on any atom is -0.342 e. The molecule has 1 aromatic carbocycles. The Morgan fingerprint density at radius 3 is 2.24 bits per heavy atom. The van der Waals surface area contributed by atoms with Crippen molar-refractivity contribution in [1.82, 2.24) is 14.4 Å². The SMILES string of the molecule is CC1CCCN(C(=O)C2CCN(C(=O)C(C(=O)c3ccccc3)n3ccccc3=O)CC2)C1. The maximum Gasteiger partial charge on any atom is 0.253 e. The second-order valence-electron chi connectivity index (χ2n) is 9.21. The number of benzene rings is 1. The molecule has 174 valence electrons. The average Bonchev–Trinajstić information content (AvgIpc) is 2.85. The molecule has 7 heteroatoms. The van der Waals surface area contributed by atoms with E-state index in [4.69, 9.17) is 0 Å². The number of Topliss-reactive ketones (excluding diaryl/α,β-unsaturated/α-hetero) is 1. The summed E-state index contributed by atoms with van der Waals surface area (Å²) in [6.07, 6.45) is 4.84. The van der Waals surface area contributed by atoms with Gasteiger partial charge in [0.15, 0.2) is 11.8 Å². The predicted octanol–water partition coefficient (Wildman–Crippen LogP) is 2.77. The standard InChI is InChI=1S/C26H31N3O4/c1-19-8-7-14-28(18-19)25(32)21-12-16-27(17-13-21)26(33)23(29-15-6-5-11-22(29)30)24(31)20-9-3-2-4-10-20/h2-6,9-11,15,19,21,23H,7-8,12-14,16-18H2,1H3. The van der Waals surface area contributed by atoms with Gasteiger partial charge in [0, 0.05) is 49.9 Å². The maximum absolute atomic E-state index is 13.5. The molecule has 2 atom stereocenters. The van der Waals surface area contributed by atoms with Crippen LogP contribution in [0.15, 0.2) is 59.5 Å². The van der Waals surface area contributed by atoms with Crippen molar-refractivity contribution in [2.45, 2.75) is 38.6 Å². The van der Waals surface area contributed by atoms with Gasteiger partial charge in [-0.25, -0.2) is 0 Å². The smallest absolute Gasteiger partial charge is 0.253 e. The Balaban J connectivity index is 1.49. The Bertz CT molecular complexity index is 1060.